The maximum absolute atomic E-state index is 11.8. The molecule has 3 aliphatic rings. The van der Waals surface area contributed by atoms with Crippen molar-refractivity contribution in [2.75, 3.05) is 36.4 Å². The highest BCUT2D eigenvalue weighted by Gasteiger charge is 2.37. The van der Waals surface area contributed by atoms with Crippen LogP contribution in [0.4, 0.5) is 16.2 Å². The predicted molar refractivity (Wildman–Crippen MR) is 83.8 cm³/mol. The largest absolute Gasteiger partial charge is 0.381 e. The van der Waals surface area contributed by atoms with E-state index in [0.29, 0.717) is 12.1 Å². The zero-order valence-electron chi connectivity index (χ0n) is 12.2. The second kappa shape index (κ2) is 5.22. The quantitative estimate of drug-likeness (QED) is 0.891. The van der Waals surface area contributed by atoms with Gasteiger partial charge in [0.1, 0.15) is 0 Å². The van der Waals surface area contributed by atoms with Gasteiger partial charge in [-0.3, -0.25) is 9.80 Å². The predicted octanol–water partition coefficient (Wildman–Crippen LogP) is 1.86. The summed E-state index contributed by atoms with van der Waals surface area (Å²) in [5.74, 6) is 0. The molecule has 2 atom stereocenters. The molecule has 112 valence electrons. The zero-order valence-corrected chi connectivity index (χ0v) is 12.2. The second-order valence-electron chi connectivity index (χ2n) is 6.22. The first kappa shape index (κ1) is 13.0. The van der Waals surface area contributed by atoms with E-state index in [1.54, 1.807) is 0 Å². The molecular formula is C16H22N4O. The third-order valence-electron chi connectivity index (χ3n) is 4.97. The lowest BCUT2D eigenvalue weighted by Crippen LogP contribution is -2.33. The molecule has 5 heteroatoms. The van der Waals surface area contributed by atoms with Crippen LogP contribution >= 0.6 is 0 Å². The maximum Gasteiger partial charge on any atom is 0.321 e. The molecule has 0 spiro atoms. The summed E-state index contributed by atoms with van der Waals surface area (Å²) in [6, 6.07) is 9.50. The van der Waals surface area contributed by atoms with Crippen molar-refractivity contribution in [1.29, 1.82) is 0 Å². The van der Waals surface area contributed by atoms with Gasteiger partial charge >= 0.3 is 6.03 Å². The van der Waals surface area contributed by atoms with Crippen LogP contribution in [0, 0.1) is 0 Å². The Morgan fingerprint density at radius 1 is 1.19 bits per heavy atom. The van der Waals surface area contributed by atoms with Crippen molar-refractivity contribution in [3.05, 3.63) is 24.3 Å². The Balaban J connectivity index is 1.49. The van der Waals surface area contributed by atoms with Crippen LogP contribution in [-0.4, -0.2) is 49.2 Å². The van der Waals surface area contributed by atoms with Gasteiger partial charge in [0, 0.05) is 43.1 Å². The molecule has 3 saturated heterocycles. The van der Waals surface area contributed by atoms with Gasteiger partial charge in [-0.2, -0.15) is 0 Å². The van der Waals surface area contributed by atoms with E-state index in [1.807, 2.05) is 17.0 Å². The van der Waals surface area contributed by atoms with Crippen LogP contribution < -0.4 is 15.5 Å². The van der Waals surface area contributed by atoms with Gasteiger partial charge in [-0.15, -0.1) is 0 Å². The average Bonchev–Trinajstić information content (AvgIpc) is 3.18. The fraction of sp³-hybridized carbons (Fsp3) is 0.562. The van der Waals surface area contributed by atoms with Gasteiger partial charge in [0.05, 0.1) is 0 Å². The van der Waals surface area contributed by atoms with Crippen LogP contribution in [0.3, 0.4) is 0 Å². The number of rotatable bonds is 3. The highest BCUT2D eigenvalue weighted by atomic mass is 16.2. The third-order valence-corrected chi connectivity index (χ3v) is 4.97. The Hall–Kier alpha value is -1.75. The monoisotopic (exact) mass is 286 g/mol. The molecule has 1 aromatic carbocycles. The van der Waals surface area contributed by atoms with Gasteiger partial charge in [0.25, 0.3) is 0 Å². The number of fused-ring (bicyclic) bond motifs is 1. The van der Waals surface area contributed by atoms with Crippen molar-refractivity contribution < 1.29 is 4.79 Å². The molecule has 4 rings (SSSR count). The van der Waals surface area contributed by atoms with E-state index in [9.17, 15) is 4.79 Å². The van der Waals surface area contributed by atoms with E-state index in [-0.39, 0.29) is 6.03 Å². The summed E-state index contributed by atoms with van der Waals surface area (Å²) in [4.78, 5) is 16.2. The minimum atomic E-state index is 0.00924. The van der Waals surface area contributed by atoms with Crippen molar-refractivity contribution in [3.8, 4) is 0 Å². The lowest BCUT2D eigenvalue weighted by molar-refractivity contribution is 0.252. The smallest absolute Gasteiger partial charge is 0.321 e. The third kappa shape index (κ3) is 2.35. The Kier molecular flexibility index (Phi) is 3.22. The zero-order chi connectivity index (χ0) is 14.2. The number of carbonyl (C=O) groups is 1. The summed E-state index contributed by atoms with van der Waals surface area (Å²) >= 11 is 0. The first-order chi connectivity index (χ1) is 10.3. The van der Waals surface area contributed by atoms with Crippen LogP contribution in [0.25, 0.3) is 0 Å². The normalized spacial score (nSPS) is 28.8. The molecule has 0 radical (unpaired) electrons. The van der Waals surface area contributed by atoms with Crippen molar-refractivity contribution >= 4 is 17.4 Å². The van der Waals surface area contributed by atoms with E-state index < -0.39 is 0 Å². The molecule has 3 heterocycles. The SMILES string of the molecule is O=C1NCCN1c1cccc(NC2CCN3CCCC23)c1. The summed E-state index contributed by atoms with van der Waals surface area (Å²) in [5.41, 5.74) is 2.11. The Bertz CT molecular complexity index is 547. The van der Waals surface area contributed by atoms with Crippen LogP contribution in [0.15, 0.2) is 24.3 Å². The number of hydrogen-bond acceptors (Lipinski definition) is 3. The lowest BCUT2D eigenvalue weighted by Gasteiger charge is -2.23. The molecule has 0 saturated carbocycles. The Labute approximate surface area is 125 Å². The number of carbonyl (C=O) groups excluding carboxylic acids is 1. The van der Waals surface area contributed by atoms with Crippen molar-refractivity contribution in [2.45, 2.75) is 31.3 Å². The molecule has 2 unspecified atom stereocenters. The fourth-order valence-corrected chi connectivity index (χ4v) is 3.95. The van der Waals surface area contributed by atoms with E-state index in [2.05, 4.69) is 27.7 Å². The Morgan fingerprint density at radius 2 is 2.14 bits per heavy atom. The van der Waals surface area contributed by atoms with Crippen molar-refractivity contribution in [1.82, 2.24) is 10.2 Å². The first-order valence-corrected chi connectivity index (χ1v) is 7.97. The molecule has 3 fully saturated rings. The van der Waals surface area contributed by atoms with Crippen molar-refractivity contribution in [3.63, 3.8) is 0 Å². The Morgan fingerprint density at radius 3 is 3.00 bits per heavy atom. The second-order valence-corrected chi connectivity index (χ2v) is 6.22. The van der Waals surface area contributed by atoms with Crippen LogP contribution in [0.1, 0.15) is 19.3 Å². The highest BCUT2D eigenvalue weighted by molar-refractivity contribution is 5.94. The number of nitrogens with zero attached hydrogens (tertiary/aromatic N) is 2. The van der Waals surface area contributed by atoms with Gasteiger partial charge in [-0.05, 0) is 44.0 Å². The van der Waals surface area contributed by atoms with E-state index in [1.165, 1.54) is 32.4 Å². The molecule has 21 heavy (non-hydrogen) atoms. The van der Waals surface area contributed by atoms with E-state index in [0.717, 1.165) is 24.5 Å². The minimum Gasteiger partial charge on any atom is -0.381 e. The number of urea groups is 1. The van der Waals surface area contributed by atoms with Crippen LogP contribution in [0.5, 0.6) is 0 Å². The van der Waals surface area contributed by atoms with Crippen LogP contribution in [-0.2, 0) is 0 Å². The standard InChI is InChI=1S/C16H22N4O/c21-16-17-7-10-20(16)13-4-1-3-12(11-13)18-14-6-9-19-8-2-5-15(14)19/h1,3-4,11,14-15,18H,2,5-10H2,(H,17,21). The van der Waals surface area contributed by atoms with Gasteiger partial charge in [0.15, 0.2) is 0 Å². The minimum absolute atomic E-state index is 0.00924. The molecule has 2 amide bonds. The lowest BCUT2D eigenvalue weighted by atomic mass is 10.1. The molecule has 5 nitrogen and oxygen atoms in total. The van der Waals surface area contributed by atoms with Gasteiger partial charge < -0.3 is 10.6 Å². The molecule has 0 bridgehead atoms. The van der Waals surface area contributed by atoms with Gasteiger partial charge in [-0.1, -0.05) is 6.07 Å². The average molecular weight is 286 g/mol. The summed E-state index contributed by atoms with van der Waals surface area (Å²) in [6.07, 6.45) is 3.86. The van der Waals surface area contributed by atoms with Gasteiger partial charge in [0.2, 0.25) is 0 Å². The summed E-state index contributed by atoms with van der Waals surface area (Å²) < 4.78 is 0. The number of hydrogen-bond donors (Lipinski definition) is 2. The number of nitrogens with one attached hydrogen (secondary N) is 2. The molecular weight excluding hydrogens is 264 g/mol. The molecule has 1 aromatic rings. The number of benzene rings is 1. The molecule has 3 aliphatic heterocycles. The number of amides is 2. The summed E-state index contributed by atoms with van der Waals surface area (Å²) in [6.45, 7) is 3.96. The van der Waals surface area contributed by atoms with E-state index >= 15 is 0 Å². The maximum atomic E-state index is 11.8. The molecule has 0 aromatic heterocycles. The fourth-order valence-electron chi connectivity index (χ4n) is 3.95. The first-order valence-electron chi connectivity index (χ1n) is 7.97. The molecule has 0 aliphatic carbocycles. The summed E-state index contributed by atoms with van der Waals surface area (Å²) in [7, 11) is 0. The summed E-state index contributed by atoms with van der Waals surface area (Å²) in [5, 5.41) is 6.54. The topological polar surface area (TPSA) is 47.6 Å². The van der Waals surface area contributed by atoms with Gasteiger partial charge in [-0.25, -0.2) is 4.79 Å². The van der Waals surface area contributed by atoms with Crippen LogP contribution in [0.2, 0.25) is 0 Å². The van der Waals surface area contributed by atoms with Crippen molar-refractivity contribution in [2.24, 2.45) is 0 Å². The van der Waals surface area contributed by atoms with E-state index in [4.69, 9.17) is 0 Å². The highest BCUT2D eigenvalue weighted by Crippen LogP contribution is 2.31. The molecule has 2 N–H and O–H groups in total. The number of anilines is 2.